The van der Waals surface area contributed by atoms with Crippen molar-refractivity contribution in [3.63, 3.8) is 0 Å². The van der Waals surface area contributed by atoms with Crippen molar-refractivity contribution >= 4 is 11.9 Å². The molecule has 1 aliphatic heterocycles. The molecule has 272 valence electrons. The summed E-state index contributed by atoms with van der Waals surface area (Å²) in [6.45, 7) is 13.7. The summed E-state index contributed by atoms with van der Waals surface area (Å²) in [4.78, 5) is 17.5. The first-order chi connectivity index (χ1) is 23.2. The van der Waals surface area contributed by atoms with Crippen molar-refractivity contribution in [3.8, 4) is 11.6 Å². The van der Waals surface area contributed by atoms with Crippen LogP contribution in [-0.4, -0.2) is 50.7 Å². The summed E-state index contributed by atoms with van der Waals surface area (Å²) in [6, 6.07) is 8.55. The van der Waals surface area contributed by atoms with E-state index in [4.69, 9.17) is 9.15 Å². The van der Waals surface area contributed by atoms with E-state index in [1.165, 1.54) is 24.8 Å². The van der Waals surface area contributed by atoms with Crippen LogP contribution in [0.15, 0.2) is 66.1 Å². The van der Waals surface area contributed by atoms with Crippen molar-refractivity contribution < 1.29 is 45.4 Å². The fourth-order valence-corrected chi connectivity index (χ4v) is 6.31. The number of allylic oxidation sites excluding steroid dienone is 1. The van der Waals surface area contributed by atoms with Gasteiger partial charge in [0.1, 0.15) is 11.5 Å². The number of anilines is 1. The molecule has 9 nitrogen and oxygen atoms in total. The number of aromatic nitrogens is 3. The van der Waals surface area contributed by atoms with Crippen LogP contribution in [-0.2, 0) is 29.5 Å². The quantitative estimate of drug-likeness (QED) is 0.126. The average molecular weight is 710 g/mol. The van der Waals surface area contributed by atoms with Crippen LogP contribution in [0, 0.1) is 5.41 Å². The van der Waals surface area contributed by atoms with Crippen molar-refractivity contribution in [2.75, 3.05) is 11.4 Å². The molecule has 2 unspecified atom stereocenters. The summed E-state index contributed by atoms with van der Waals surface area (Å²) in [5, 5.41) is 19.3. The summed E-state index contributed by atoms with van der Waals surface area (Å²) >= 11 is 0. The second kappa shape index (κ2) is 14.4. The fraction of sp³-hybridized carbons (Fsp3) is 0.486. The van der Waals surface area contributed by atoms with Gasteiger partial charge in [0.2, 0.25) is 5.60 Å². The van der Waals surface area contributed by atoms with Crippen molar-refractivity contribution in [2.45, 2.75) is 95.9 Å². The number of hydrogen-bond donors (Lipinski definition) is 2. The zero-order chi connectivity index (χ0) is 37.1. The molecule has 0 bridgehead atoms. The zero-order valence-corrected chi connectivity index (χ0v) is 28.3. The number of nitrogens with zero attached hydrogens (tertiary/aromatic N) is 4. The van der Waals surface area contributed by atoms with Gasteiger partial charge < -0.3 is 24.5 Å². The van der Waals surface area contributed by atoms with Gasteiger partial charge in [-0.25, -0.2) is 9.78 Å². The smallest absolute Gasteiger partial charge is 0.426 e. The summed E-state index contributed by atoms with van der Waals surface area (Å²) in [6.07, 6.45) is -8.90. The van der Waals surface area contributed by atoms with Gasteiger partial charge >= 0.3 is 18.4 Å². The molecular formula is C35H41F6N5O4. The Morgan fingerprint density at radius 1 is 1.12 bits per heavy atom. The number of amides is 1. The largest absolute Gasteiger partial charge is 0.465 e. The molecule has 4 rings (SSSR count). The van der Waals surface area contributed by atoms with E-state index >= 15 is 13.2 Å². The van der Waals surface area contributed by atoms with E-state index in [2.05, 4.69) is 33.7 Å². The summed E-state index contributed by atoms with van der Waals surface area (Å²) in [5.74, 6) is -2.03. The Morgan fingerprint density at radius 2 is 1.80 bits per heavy atom. The molecule has 2 aromatic heterocycles. The van der Waals surface area contributed by atoms with Gasteiger partial charge in [-0.2, -0.15) is 26.3 Å². The molecule has 0 spiro atoms. The number of halogens is 6. The van der Waals surface area contributed by atoms with Crippen LogP contribution in [0.2, 0.25) is 0 Å². The number of hydrogen-bond acceptors (Lipinski definition) is 7. The lowest BCUT2D eigenvalue weighted by atomic mass is 9.90. The molecule has 0 aliphatic carbocycles. The first-order valence-electron chi connectivity index (χ1n) is 15.9. The monoisotopic (exact) mass is 709 g/mol. The van der Waals surface area contributed by atoms with Gasteiger partial charge in [0.15, 0.2) is 0 Å². The van der Waals surface area contributed by atoms with E-state index in [-0.39, 0.29) is 30.6 Å². The van der Waals surface area contributed by atoms with Crippen molar-refractivity contribution in [1.82, 2.24) is 20.5 Å². The highest BCUT2D eigenvalue weighted by atomic mass is 19.4. The van der Waals surface area contributed by atoms with Crippen molar-refractivity contribution in [1.29, 1.82) is 0 Å². The van der Waals surface area contributed by atoms with E-state index in [1.807, 2.05) is 13.8 Å². The van der Waals surface area contributed by atoms with E-state index < -0.39 is 77.2 Å². The van der Waals surface area contributed by atoms with E-state index in [9.17, 15) is 23.1 Å². The van der Waals surface area contributed by atoms with E-state index in [1.54, 1.807) is 36.4 Å². The fourth-order valence-electron chi connectivity index (χ4n) is 6.31. The van der Waals surface area contributed by atoms with Crippen LogP contribution < -0.4 is 10.2 Å². The minimum Gasteiger partial charge on any atom is -0.465 e. The maximum atomic E-state index is 15.1. The van der Waals surface area contributed by atoms with Gasteiger partial charge in [-0.1, -0.05) is 56.3 Å². The van der Waals surface area contributed by atoms with Gasteiger partial charge in [0.25, 0.3) is 11.8 Å². The first-order valence-corrected chi connectivity index (χ1v) is 15.9. The second-order valence-corrected chi connectivity index (χ2v) is 13.9. The molecule has 1 aliphatic rings. The molecule has 1 amide bonds. The first kappa shape index (κ1) is 38.4. The van der Waals surface area contributed by atoms with Crippen molar-refractivity contribution in [3.05, 3.63) is 84.3 Å². The van der Waals surface area contributed by atoms with E-state index in [0.717, 1.165) is 6.07 Å². The van der Waals surface area contributed by atoms with Gasteiger partial charge in [0.05, 0.1) is 12.2 Å². The highest BCUT2D eigenvalue weighted by Gasteiger charge is 2.61. The average Bonchev–Trinajstić information content (AvgIpc) is 3.60. The molecule has 2 atom stereocenters. The van der Waals surface area contributed by atoms with Gasteiger partial charge in [-0.3, -0.25) is 0 Å². The molecule has 0 saturated carbocycles. The predicted molar refractivity (Wildman–Crippen MR) is 174 cm³/mol. The van der Waals surface area contributed by atoms with Crippen molar-refractivity contribution in [2.24, 2.45) is 5.41 Å². The summed E-state index contributed by atoms with van der Waals surface area (Å²) in [5.41, 5.74) is -6.04. The van der Waals surface area contributed by atoms with Crippen LogP contribution >= 0.6 is 0 Å². The number of ether oxygens (including phenoxy) is 1. The molecule has 3 heterocycles. The lowest BCUT2D eigenvalue weighted by Gasteiger charge is -2.32. The lowest BCUT2D eigenvalue weighted by Crippen LogP contribution is -2.45. The normalized spacial score (nSPS) is 17.7. The molecule has 3 aromatic rings. The molecule has 1 aromatic carbocycles. The Balaban J connectivity index is 1.96. The summed E-state index contributed by atoms with van der Waals surface area (Å²) in [7, 11) is 0. The summed E-state index contributed by atoms with van der Waals surface area (Å²) < 4.78 is 101. The maximum absolute atomic E-state index is 15.1. The van der Waals surface area contributed by atoms with Crippen LogP contribution in [0.5, 0.6) is 0 Å². The van der Waals surface area contributed by atoms with E-state index in [0.29, 0.717) is 18.4 Å². The minimum atomic E-state index is -5.08. The SMILES string of the molecule is C=CCCC(OCc1ccccc1)(c1nnc(-c2nc(N3CC(C)(C)CC3CC=C)c(C(F)(F)F)cc2CC(C)(C)NC(=O)O)o1)C(F)(F)F. The number of nitrogens with one attached hydrogen (secondary N) is 1. The molecule has 15 heteroatoms. The predicted octanol–water partition coefficient (Wildman–Crippen LogP) is 8.86. The number of carbonyl (C=O) groups is 1. The Kier molecular flexibility index (Phi) is 11.1. The molecule has 1 fully saturated rings. The van der Waals surface area contributed by atoms with Crippen LogP contribution in [0.25, 0.3) is 11.6 Å². The Morgan fingerprint density at radius 3 is 2.38 bits per heavy atom. The minimum absolute atomic E-state index is 0.162. The van der Waals surface area contributed by atoms with Gasteiger partial charge in [0, 0.05) is 18.1 Å². The Hall–Kier alpha value is -4.40. The molecule has 2 N–H and O–H groups in total. The highest BCUT2D eigenvalue weighted by Crippen LogP contribution is 2.48. The topological polar surface area (TPSA) is 114 Å². The lowest BCUT2D eigenvalue weighted by molar-refractivity contribution is -0.299. The van der Waals surface area contributed by atoms with Crippen LogP contribution in [0.3, 0.4) is 0 Å². The third-order valence-corrected chi connectivity index (χ3v) is 8.46. The zero-order valence-electron chi connectivity index (χ0n) is 28.3. The third kappa shape index (κ3) is 8.66. The number of benzene rings is 1. The van der Waals surface area contributed by atoms with Gasteiger partial charge in [-0.05, 0) is 68.6 Å². The van der Waals surface area contributed by atoms with Crippen LogP contribution in [0.4, 0.5) is 37.0 Å². The second-order valence-electron chi connectivity index (χ2n) is 13.9. The molecule has 50 heavy (non-hydrogen) atoms. The number of alkyl halides is 6. The third-order valence-electron chi connectivity index (χ3n) is 8.46. The molecule has 0 radical (unpaired) electrons. The van der Waals surface area contributed by atoms with Gasteiger partial charge in [-0.15, -0.1) is 23.4 Å². The Labute approximate surface area is 286 Å². The Bertz CT molecular complexity index is 1670. The molecular weight excluding hydrogens is 668 g/mol. The number of pyridine rings is 1. The highest BCUT2D eigenvalue weighted by molar-refractivity contribution is 5.66. The number of carboxylic acid groups (broad SMARTS) is 1. The van der Waals surface area contributed by atoms with Crippen LogP contribution in [0.1, 0.15) is 76.0 Å². The standard InChI is InChI=1S/C35H41F6N5O4/c1-7-9-16-33(35(39,40)41,49-20-22-14-11-10-12-15-22)29-45-44-28(50-29)26-23(18-32(5,6)43-30(47)48)17-25(34(36,37)38)27(42-26)46-21-31(3,4)19-24(46)13-8-2/h7-8,10-12,14-15,17,24,43H,1-2,9,13,16,18-21H2,3-6H3,(H,47,48). The molecule has 1 saturated heterocycles. The number of rotatable bonds is 14. The maximum Gasteiger partial charge on any atom is 0.426 e.